The van der Waals surface area contributed by atoms with Crippen molar-refractivity contribution in [3.05, 3.63) is 11.8 Å². The lowest BCUT2D eigenvalue weighted by Gasteiger charge is -2.14. The minimum Gasteiger partial charge on any atom is -0.381 e. The van der Waals surface area contributed by atoms with Gasteiger partial charge in [0.2, 0.25) is 5.95 Å². The first kappa shape index (κ1) is 13.1. The van der Waals surface area contributed by atoms with Gasteiger partial charge in [-0.25, -0.2) is 4.98 Å². The van der Waals surface area contributed by atoms with E-state index in [-0.39, 0.29) is 0 Å². The number of hydrogen-bond acceptors (Lipinski definition) is 5. The standard InChI is InChI=1S/C13H22N4O/c1-4-14-13-15-9(2)7-12(17-13)16-10-5-6-11(8-10)18-3/h7,10-11H,4-6,8H2,1-3H3,(H2,14,15,16,17). The second-order valence-corrected chi connectivity index (χ2v) is 4.76. The zero-order valence-corrected chi connectivity index (χ0v) is 11.4. The summed E-state index contributed by atoms with van der Waals surface area (Å²) in [6.07, 6.45) is 3.70. The van der Waals surface area contributed by atoms with Gasteiger partial charge in [0, 0.05) is 31.5 Å². The number of nitrogens with one attached hydrogen (secondary N) is 2. The fraction of sp³-hybridized carbons (Fsp3) is 0.692. The van der Waals surface area contributed by atoms with Crippen LogP contribution in [-0.2, 0) is 4.74 Å². The van der Waals surface area contributed by atoms with E-state index in [4.69, 9.17) is 4.74 Å². The molecule has 0 aromatic carbocycles. The van der Waals surface area contributed by atoms with Gasteiger partial charge in [-0.1, -0.05) is 0 Å². The van der Waals surface area contributed by atoms with Crippen LogP contribution < -0.4 is 10.6 Å². The first-order valence-electron chi connectivity index (χ1n) is 6.60. The first-order chi connectivity index (χ1) is 8.71. The summed E-state index contributed by atoms with van der Waals surface area (Å²) < 4.78 is 5.38. The van der Waals surface area contributed by atoms with Crippen molar-refractivity contribution in [1.29, 1.82) is 0 Å². The van der Waals surface area contributed by atoms with Crippen LogP contribution in [0.3, 0.4) is 0 Å². The van der Waals surface area contributed by atoms with E-state index in [1.54, 1.807) is 7.11 Å². The molecule has 1 aliphatic rings. The molecule has 2 rings (SSSR count). The Morgan fingerprint density at radius 1 is 1.39 bits per heavy atom. The summed E-state index contributed by atoms with van der Waals surface area (Å²) in [7, 11) is 1.78. The molecule has 5 heteroatoms. The maximum absolute atomic E-state index is 5.38. The van der Waals surface area contributed by atoms with E-state index >= 15 is 0 Å². The van der Waals surface area contributed by atoms with Crippen molar-refractivity contribution < 1.29 is 4.74 Å². The molecule has 0 spiro atoms. The van der Waals surface area contributed by atoms with Crippen LogP contribution in [0.4, 0.5) is 11.8 Å². The first-order valence-corrected chi connectivity index (χ1v) is 6.60. The minimum atomic E-state index is 0.388. The van der Waals surface area contributed by atoms with E-state index in [1.807, 2.05) is 19.9 Å². The number of methoxy groups -OCH3 is 1. The third kappa shape index (κ3) is 3.32. The average molecular weight is 250 g/mol. The molecule has 0 amide bonds. The fourth-order valence-corrected chi connectivity index (χ4v) is 2.37. The van der Waals surface area contributed by atoms with Crippen molar-refractivity contribution in [3.63, 3.8) is 0 Å². The lowest BCUT2D eigenvalue weighted by Crippen LogP contribution is -2.18. The molecule has 1 fully saturated rings. The molecule has 2 unspecified atom stereocenters. The molecule has 1 aromatic rings. The number of ether oxygens (including phenoxy) is 1. The maximum atomic E-state index is 5.38. The number of aryl methyl sites for hydroxylation is 1. The highest BCUT2D eigenvalue weighted by Gasteiger charge is 2.24. The van der Waals surface area contributed by atoms with Gasteiger partial charge in [0.25, 0.3) is 0 Å². The van der Waals surface area contributed by atoms with Crippen LogP contribution in [0.15, 0.2) is 6.07 Å². The number of nitrogens with zero attached hydrogens (tertiary/aromatic N) is 2. The highest BCUT2D eigenvalue weighted by molar-refractivity contribution is 5.43. The van der Waals surface area contributed by atoms with Crippen LogP contribution in [-0.4, -0.2) is 35.8 Å². The molecular weight excluding hydrogens is 228 g/mol. The normalized spacial score (nSPS) is 23.1. The van der Waals surface area contributed by atoms with Gasteiger partial charge >= 0.3 is 0 Å². The van der Waals surface area contributed by atoms with Crippen molar-refractivity contribution in [1.82, 2.24) is 9.97 Å². The van der Waals surface area contributed by atoms with Crippen LogP contribution in [0.25, 0.3) is 0 Å². The van der Waals surface area contributed by atoms with Crippen molar-refractivity contribution >= 4 is 11.8 Å². The Labute approximate surface area is 108 Å². The molecule has 0 bridgehead atoms. The average Bonchev–Trinajstić information content (AvgIpc) is 2.76. The Hall–Kier alpha value is -1.36. The van der Waals surface area contributed by atoms with Crippen molar-refractivity contribution in [2.45, 2.75) is 45.3 Å². The lowest BCUT2D eigenvalue weighted by atomic mass is 10.2. The summed E-state index contributed by atoms with van der Waals surface area (Å²) in [5.41, 5.74) is 0.977. The Bertz CT molecular complexity index is 397. The van der Waals surface area contributed by atoms with E-state index in [9.17, 15) is 0 Å². The molecule has 0 radical (unpaired) electrons. The zero-order chi connectivity index (χ0) is 13.0. The SMILES string of the molecule is CCNc1nc(C)cc(NC2CCC(OC)C2)n1. The number of aromatic nitrogens is 2. The monoisotopic (exact) mass is 250 g/mol. The van der Waals surface area contributed by atoms with Gasteiger partial charge in [0.1, 0.15) is 5.82 Å². The van der Waals surface area contributed by atoms with E-state index in [0.29, 0.717) is 18.1 Å². The van der Waals surface area contributed by atoms with E-state index in [1.165, 1.54) is 0 Å². The van der Waals surface area contributed by atoms with Crippen LogP contribution in [0.5, 0.6) is 0 Å². The highest BCUT2D eigenvalue weighted by Crippen LogP contribution is 2.24. The smallest absolute Gasteiger partial charge is 0.224 e. The molecule has 0 aliphatic heterocycles. The summed E-state index contributed by atoms with van der Waals surface area (Å²) in [6.45, 7) is 4.86. The summed E-state index contributed by atoms with van der Waals surface area (Å²) in [5.74, 6) is 1.60. The van der Waals surface area contributed by atoms with Crippen LogP contribution >= 0.6 is 0 Å². The van der Waals surface area contributed by atoms with Crippen LogP contribution in [0.1, 0.15) is 31.9 Å². The van der Waals surface area contributed by atoms with E-state index in [0.717, 1.165) is 37.3 Å². The van der Waals surface area contributed by atoms with E-state index in [2.05, 4.69) is 20.6 Å². The summed E-state index contributed by atoms with van der Waals surface area (Å²) in [5, 5.41) is 6.62. The molecule has 2 atom stereocenters. The lowest BCUT2D eigenvalue weighted by molar-refractivity contribution is 0.108. The zero-order valence-electron chi connectivity index (χ0n) is 11.4. The Morgan fingerprint density at radius 2 is 2.22 bits per heavy atom. The third-order valence-electron chi connectivity index (χ3n) is 3.26. The van der Waals surface area contributed by atoms with E-state index < -0.39 is 0 Å². The number of anilines is 2. The molecule has 1 aromatic heterocycles. The van der Waals surface area contributed by atoms with Crippen molar-refractivity contribution in [2.24, 2.45) is 0 Å². The fourth-order valence-electron chi connectivity index (χ4n) is 2.37. The molecule has 18 heavy (non-hydrogen) atoms. The maximum Gasteiger partial charge on any atom is 0.224 e. The van der Waals surface area contributed by atoms with Gasteiger partial charge in [-0.3, -0.25) is 0 Å². The predicted octanol–water partition coefficient (Wildman–Crippen LogP) is 2.20. The van der Waals surface area contributed by atoms with Gasteiger partial charge in [0.05, 0.1) is 6.10 Å². The highest BCUT2D eigenvalue weighted by atomic mass is 16.5. The van der Waals surface area contributed by atoms with Gasteiger partial charge in [-0.15, -0.1) is 0 Å². The quantitative estimate of drug-likeness (QED) is 0.839. The molecule has 1 saturated carbocycles. The Kier molecular flexibility index (Phi) is 4.36. The van der Waals surface area contributed by atoms with Gasteiger partial charge in [-0.05, 0) is 33.1 Å². The van der Waals surface area contributed by atoms with Crippen LogP contribution in [0, 0.1) is 6.92 Å². The topological polar surface area (TPSA) is 59.1 Å². The predicted molar refractivity (Wildman–Crippen MR) is 73.0 cm³/mol. The van der Waals surface area contributed by atoms with Gasteiger partial charge < -0.3 is 15.4 Å². The molecule has 0 saturated heterocycles. The largest absolute Gasteiger partial charge is 0.381 e. The summed E-state index contributed by atoms with van der Waals surface area (Å²) in [4.78, 5) is 8.81. The summed E-state index contributed by atoms with van der Waals surface area (Å²) in [6, 6.07) is 2.44. The van der Waals surface area contributed by atoms with Crippen molar-refractivity contribution in [3.8, 4) is 0 Å². The molecule has 2 N–H and O–H groups in total. The van der Waals surface area contributed by atoms with Gasteiger partial charge in [-0.2, -0.15) is 4.98 Å². The number of hydrogen-bond donors (Lipinski definition) is 2. The second kappa shape index (κ2) is 6.00. The van der Waals surface area contributed by atoms with Crippen LogP contribution in [0.2, 0.25) is 0 Å². The third-order valence-corrected chi connectivity index (χ3v) is 3.26. The molecular formula is C13H22N4O. The summed E-state index contributed by atoms with van der Waals surface area (Å²) >= 11 is 0. The molecule has 1 aliphatic carbocycles. The van der Waals surface area contributed by atoms with Gasteiger partial charge in [0.15, 0.2) is 0 Å². The molecule has 1 heterocycles. The molecule has 100 valence electrons. The Morgan fingerprint density at radius 3 is 2.89 bits per heavy atom. The minimum absolute atomic E-state index is 0.388. The second-order valence-electron chi connectivity index (χ2n) is 4.76. The Balaban J connectivity index is 2.00. The van der Waals surface area contributed by atoms with Crippen molar-refractivity contribution in [2.75, 3.05) is 24.3 Å². The molecule has 5 nitrogen and oxygen atoms in total. The number of rotatable bonds is 5.